The molecule has 3 unspecified atom stereocenters. The number of allylic oxidation sites excluding steroid dienone is 4. The van der Waals surface area contributed by atoms with E-state index in [9.17, 15) is 19.8 Å². The van der Waals surface area contributed by atoms with Gasteiger partial charge in [-0.3, -0.25) is 9.59 Å². The van der Waals surface area contributed by atoms with Crippen molar-refractivity contribution in [2.45, 2.75) is 296 Å². The number of hydrogen-bond donors (Lipinski definition) is 3. The molecule has 0 aromatic heterocycles. The lowest BCUT2D eigenvalue weighted by molar-refractivity contribution is -0.151. The van der Waals surface area contributed by atoms with Crippen molar-refractivity contribution < 1.29 is 24.5 Å². The van der Waals surface area contributed by atoms with Gasteiger partial charge in [0.2, 0.25) is 5.91 Å². The number of aliphatic hydroxyl groups excluding tert-OH is 2. The molecule has 0 aliphatic rings. The second kappa shape index (κ2) is 47.4. The smallest absolute Gasteiger partial charge is 0.306 e. The van der Waals surface area contributed by atoms with Gasteiger partial charge in [-0.1, -0.05) is 231 Å². The van der Waals surface area contributed by atoms with Crippen LogP contribution in [0.15, 0.2) is 24.3 Å². The van der Waals surface area contributed by atoms with Crippen molar-refractivity contribution in [2.75, 3.05) is 6.61 Å². The van der Waals surface area contributed by atoms with Gasteiger partial charge in [0.25, 0.3) is 0 Å². The lowest BCUT2D eigenvalue weighted by Crippen LogP contribution is -2.46. The van der Waals surface area contributed by atoms with E-state index in [-0.39, 0.29) is 24.9 Å². The van der Waals surface area contributed by atoms with Gasteiger partial charge in [-0.25, -0.2) is 0 Å². The van der Waals surface area contributed by atoms with Gasteiger partial charge < -0.3 is 20.3 Å². The largest absolute Gasteiger partial charge is 0.462 e. The molecule has 0 aliphatic heterocycles. The van der Waals surface area contributed by atoms with Crippen LogP contribution in [0.3, 0.4) is 0 Å². The van der Waals surface area contributed by atoms with Gasteiger partial charge >= 0.3 is 5.97 Å². The minimum absolute atomic E-state index is 0.0798. The molecule has 0 aromatic rings. The highest BCUT2D eigenvalue weighted by Gasteiger charge is 2.24. The number of aliphatic hydroxyl groups is 2. The Labute approximate surface area is 367 Å². The highest BCUT2D eigenvalue weighted by Crippen LogP contribution is 2.18. The molecule has 0 radical (unpaired) electrons. The molecule has 59 heavy (non-hydrogen) atoms. The molecule has 3 atom stereocenters. The fourth-order valence-electron chi connectivity index (χ4n) is 8.05. The van der Waals surface area contributed by atoms with Crippen molar-refractivity contribution in [1.82, 2.24) is 5.32 Å². The first-order valence-electron chi connectivity index (χ1n) is 26.1. The monoisotopic (exact) mass is 832 g/mol. The summed E-state index contributed by atoms with van der Waals surface area (Å²) < 4.78 is 5.90. The molecule has 0 aromatic carbocycles. The van der Waals surface area contributed by atoms with Crippen LogP contribution in [0.2, 0.25) is 0 Å². The molecule has 6 heteroatoms. The Morgan fingerprint density at radius 3 is 1.32 bits per heavy atom. The van der Waals surface area contributed by atoms with Crippen LogP contribution in [0.25, 0.3) is 0 Å². The van der Waals surface area contributed by atoms with E-state index in [0.29, 0.717) is 19.3 Å². The zero-order chi connectivity index (χ0) is 43.1. The number of hydrogen-bond acceptors (Lipinski definition) is 5. The summed E-state index contributed by atoms with van der Waals surface area (Å²) in [6, 6.07) is -0.695. The van der Waals surface area contributed by atoms with Crippen LogP contribution in [0, 0.1) is 0 Å². The third-order valence-corrected chi connectivity index (χ3v) is 12.0. The Morgan fingerprint density at radius 2 is 0.864 bits per heavy atom. The van der Waals surface area contributed by atoms with Crippen molar-refractivity contribution in [3.8, 4) is 0 Å². The zero-order valence-electron chi connectivity index (χ0n) is 39.7. The molecule has 0 saturated carbocycles. The summed E-state index contributed by atoms with van der Waals surface area (Å²) in [4.78, 5) is 26.0. The van der Waals surface area contributed by atoms with E-state index >= 15 is 0 Å². The van der Waals surface area contributed by atoms with Gasteiger partial charge in [-0.05, 0) is 57.8 Å². The van der Waals surface area contributed by atoms with Crippen LogP contribution in [-0.4, -0.2) is 46.9 Å². The molecule has 0 aliphatic carbocycles. The summed E-state index contributed by atoms with van der Waals surface area (Å²) in [6.07, 6.45) is 53.9. The standard InChI is InChI=1S/C53H101NO5/c1-4-7-10-13-16-18-20-22-24-25-26-27-28-30-32-34-37-40-43-46-53(58)59-49(44-41-38-35-15-12-9-6-3)47-52(57)54-50(48-55)51(56)45-42-39-36-33-31-29-23-21-19-17-14-11-8-5-2/h16,18,22,24,49-51,55-56H,4-15,17,19-21,23,25-48H2,1-3H3,(H,54,57)/b18-16-,24-22-. The van der Waals surface area contributed by atoms with Crippen LogP contribution < -0.4 is 5.32 Å². The Bertz CT molecular complexity index is 935. The molecule has 6 nitrogen and oxygen atoms in total. The number of unbranched alkanes of at least 4 members (excludes halogenated alkanes) is 31. The first-order chi connectivity index (χ1) is 29.0. The molecular formula is C53H101NO5. The topological polar surface area (TPSA) is 95.9 Å². The van der Waals surface area contributed by atoms with E-state index in [2.05, 4.69) is 50.4 Å². The van der Waals surface area contributed by atoms with Crippen molar-refractivity contribution in [1.29, 1.82) is 0 Å². The molecule has 0 bridgehead atoms. The number of nitrogens with one attached hydrogen (secondary N) is 1. The Morgan fingerprint density at radius 1 is 0.492 bits per heavy atom. The lowest BCUT2D eigenvalue weighted by atomic mass is 10.0. The van der Waals surface area contributed by atoms with Crippen LogP contribution in [0.4, 0.5) is 0 Å². The molecule has 0 saturated heterocycles. The zero-order valence-corrected chi connectivity index (χ0v) is 39.7. The van der Waals surface area contributed by atoms with Crippen LogP contribution in [0.5, 0.6) is 0 Å². The fourth-order valence-corrected chi connectivity index (χ4v) is 8.05. The quantitative estimate of drug-likeness (QED) is 0.0322. The molecule has 348 valence electrons. The second-order valence-electron chi connectivity index (χ2n) is 17.9. The number of amides is 1. The van der Waals surface area contributed by atoms with E-state index < -0.39 is 18.2 Å². The molecule has 1 amide bonds. The van der Waals surface area contributed by atoms with Gasteiger partial charge in [0.1, 0.15) is 6.10 Å². The lowest BCUT2D eigenvalue weighted by Gasteiger charge is -2.24. The summed E-state index contributed by atoms with van der Waals surface area (Å²) in [6.45, 7) is 6.44. The average Bonchev–Trinajstić information content (AvgIpc) is 3.23. The van der Waals surface area contributed by atoms with Crippen molar-refractivity contribution in [3.05, 3.63) is 24.3 Å². The van der Waals surface area contributed by atoms with E-state index in [1.165, 1.54) is 180 Å². The maximum Gasteiger partial charge on any atom is 0.306 e. The predicted octanol–water partition coefficient (Wildman–Crippen LogP) is 15.5. The maximum absolute atomic E-state index is 13.1. The summed E-state index contributed by atoms with van der Waals surface area (Å²) >= 11 is 0. The first kappa shape index (κ1) is 57.3. The third-order valence-electron chi connectivity index (χ3n) is 12.0. The number of carbonyl (C=O) groups is 2. The predicted molar refractivity (Wildman–Crippen MR) is 255 cm³/mol. The summed E-state index contributed by atoms with van der Waals surface area (Å²) in [7, 11) is 0. The summed E-state index contributed by atoms with van der Waals surface area (Å²) in [5, 5.41) is 23.7. The Kier molecular flexibility index (Phi) is 46.1. The minimum Gasteiger partial charge on any atom is -0.462 e. The Balaban J connectivity index is 4.31. The molecule has 0 heterocycles. The normalized spacial score (nSPS) is 13.4. The summed E-state index contributed by atoms with van der Waals surface area (Å²) in [5.41, 5.74) is 0. The number of esters is 1. The van der Waals surface area contributed by atoms with Gasteiger partial charge in [-0.15, -0.1) is 0 Å². The molecule has 3 N–H and O–H groups in total. The molecule has 0 fully saturated rings. The molecule has 0 spiro atoms. The third kappa shape index (κ3) is 42.8. The fraction of sp³-hybridized carbons (Fsp3) is 0.887. The SMILES string of the molecule is CCCCC/C=C\C/C=C\CCCCCCCCCCCC(=O)OC(CCCCCCCCC)CC(=O)NC(CO)C(O)CCCCCCCCCCCCCCCC. The molecule has 0 rings (SSSR count). The number of carbonyl (C=O) groups excluding carboxylic acids is 2. The van der Waals surface area contributed by atoms with E-state index in [4.69, 9.17) is 4.74 Å². The van der Waals surface area contributed by atoms with E-state index in [1.807, 2.05) is 0 Å². The van der Waals surface area contributed by atoms with Crippen LogP contribution in [0.1, 0.15) is 278 Å². The van der Waals surface area contributed by atoms with Crippen molar-refractivity contribution >= 4 is 11.9 Å². The maximum atomic E-state index is 13.1. The van der Waals surface area contributed by atoms with E-state index in [1.54, 1.807) is 0 Å². The van der Waals surface area contributed by atoms with Gasteiger partial charge in [0, 0.05) is 6.42 Å². The van der Waals surface area contributed by atoms with Gasteiger partial charge in [-0.2, -0.15) is 0 Å². The van der Waals surface area contributed by atoms with Crippen molar-refractivity contribution in [3.63, 3.8) is 0 Å². The minimum atomic E-state index is -0.782. The highest BCUT2D eigenvalue weighted by molar-refractivity contribution is 5.77. The van der Waals surface area contributed by atoms with Gasteiger partial charge in [0.15, 0.2) is 0 Å². The van der Waals surface area contributed by atoms with E-state index in [0.717, 1.165) is 51.4 Å². The second-order valence-corrected chi connectivity index (χ2v) is 17.9. The van der Waals surface area contributed by atoms with Gasteiger partial charge in [0.05, 0.1) is 25.2 Å². The first-order valence-corrected chi connectivity index (χ1v) is 26.1. The molecular weight excluding hydrogens is 731 g/mol. The number of ether oxygens (including phenoxy) is 1. The van der Waals surface area contributed by atoms with Crippen LogP contribution in [-0.2, 0) is 14.3 Å². The number of rotatable bonds is 47. The van der Waals surface area contributed by atoms with Crippen molar-refractivity contribution in [2.24, 2.45) is 0 Å². The average molecular weight is 832 g/mol. The summed E-state index contributed by atoms with van der Waals surface area (Å²) in [5.74, 6) is -0.471. The highest BCUT2D eigenvalue weighted by atomic mass is 16.5. The van der Waals surface area contributed by atoms with Crippen LogP contribution >= 0.6 is 0 Å². The Hall–Kier alpha value is -1.66.